The zero-order valence-corrected chi connectivity index (χ0v) is 12.3. The Bertz CT molecular complexity index is 556. The molecule has 8 nitrogen and oxygen atoms in total. The second-order valence-electron chi connectivity index (χ2n) is 5.73. The van der Waals surface area contributed by atoms with Crippen molar-refractivity contribution in [3.63, 3.8) is 0 Å². The van der Waals surface area contributed by atoms with Crippen LogP contribution in [0.15, 0.2) is 0 Å². The molecule has 2 bridgehead atoms. The molecule has 1 aromatic rings. The Hall–Kier alpha value is -1.96. The van der Waals surface area contributed by atoms with Crippen LogP contribution in [-0.2, 0) is 0 Å². The minimum Gasteiger partial charge on any atom is -0.360 e. The number of piperidine rings is 3. The Morgan fingerprint density at radius 1 is 1.33 bits per heavy atom. The second kappa shape index (κ2) is 5.44. The molecular weight excluding hydrogens is 272 g/mol. The van der Waals surface area contributed by atoms with Gasteiger partial charge < -0.3 is 15.5 Å². The van der Waals surface area contributed by atoms with E-state index in [0.717, 1.165) is 32.5 Å². The number of rotatable bonds is 4. The average molecular weight is 292 g/mol. The van der Waals surface area contributed by atoms with E-state index in [1.165, 1.54) is 0 Å². The van der Waals surface area contributed by atoms with E-state index in [0.29, 0.717) is 23.4 Å². The molecule has 114 valence electrons. The maximum atomic E-state index is 11.3. The van der Waals surface area contributed by atoms with Gasteiger partial charge in [-0.2, -0.15) is 4.98 Å². The quantitative estimate of drug-likeness (QED) is 0.636. The van der Waals surface area contributed by atoms with Gasteiger partial charge in [-0.05, 0) is 38.8 Å². The molecule has 0 saturated carbocycles. The summed E-state index contributed by atoms with van der Waals surface area (Å²) in [6, 6.07) is 0.227. The summed E-state index contributed by atoms with van der Waals surface area (Å²) in [7, 11) is 1.71. The molecule has 0 amide bonds. The molecule has 3 saturated heterocycles. The normalized spacial score (nSPS) is 27.4. The molecule has 0 radical (unpaired) electrons. The number of hydrogen-bond acceptors (Lipinski definition) is 7. The highest BCUT2D eigenvalue weighted by atomic mass is 16.6. The summed E-state index contributed by atoms with van der Waals surface area (Å²) in [5.41, 5.74) is 0.355. The molecule has 0 spiro atoms. The van der Waals surface area contributed by atoms with Crippen molar-refractivity contribution in [3.05, 3.63) is 15.8 Å². The van der Waals surface area contributed by atoms with E-state index >= 15 is 0 Å². The molecular formula is C13H20N6O2. The molecule has 4 rings (SSSR count). The van der Waals surface area contributed by atoms with E-state index in [4.69, 9.17) is 0 Å². The fourth-order valence-corrected chi connectivity index (χ4v) is 3.30. The van der Waals surface area contributed by atoms with Crippen LogP contribution in [-0.4, -0.2) is 52.5 Å². The smallest absolute Gasteiger partial charge is 0.332 e. The predicted molar refractivity (Wildman–Crippen MR) is 79.5 cm³/mol. The van der Waals surface area contributed by atoms with Gasteiger partial charge in [0.2, 0.25) is 11.8 Å². The minimum atomic E-state index is -0.404. The Labute approximate surface area is 123 Å². The molecule has 2 N–H and O–H groups in total. The van der Waals surface area contributed by atoms with Crippen molar-refractivity contribution in [1.82, 2.24) is 14.9 Å². The third kappa shape index (κ3) is 2.63. The van der Waals surface area contributed by atoms with Gasteiger partial charge >= 0.3 is 5.69 Å². The highest BCUT2D eigenvalue weighted by molar-refractivity contribution is 5.61. The number of anilines is 2. The first-order valence-electron chi connectivity index (χ1n) is 7.28. The van der Waals surface area contributed by atoms with E-state index in [-0.39, 0.29) is 11.7 Å². The summed E-state index contributed by atoms with van der Waals surface area (Å²) in [6.45, 7) is 4.84. The van der Waals surface area contributed by atoms with Crippen LogP contribution in [0.25, 0.3) is 0 Å². The van der Waals surface area contributed by atoms with E-state index in [1.54, 1.807) is 14.0 Å². The molecule has 1 atom stereocenters. The first kappa shape index (κ1) is 14.0. The van der Waals surface area contributed by atoms with E-state index in [9.17, 15) is 10.1 Å². The highest BCUT2D eigenvalue weighted by Crippen LogP contribution is 2.33. The molecule has 8 heteroatoms. The molecule has 21 heavy (non-hydrogen) atoms. The lowest BCUT2D eigenvalue weighted by Gasteiger charge is -2.45. The Morgan fingerprint density at radius 3 is 2.57 bits per heavy atom. The highest BCUT2D eigenvalue weighted by Gasteiger charge is 2.35. The van der Waals surface area contributed by atoms with Crippen LogP contribution >= 0.6 is 0 Å². The third-order valence-electron chi connectivity index (χ3n) is 4.44. The van der Waals surface area contributed by atoms with Gasteiger partial charge in [-0.15, -0.1) is 0 Å². The van der Waals surface area contributed by atoms with Crippen LogP contribution in [0.1, 0.15) is 18.5 Å². The standard InChI is InChI=1S/C13H20N6O2/c1-8-11(19(20)21)12(17-13(14-2)15-8)16-10-7-18-5-3-9(10)4-6-18/h9-10H,3-7H2,1-2H3,(H2,14,15,16,17). The van der Waals surface area contributed by atoms with Crippen molar-refractivity contribution in [1.29, 1.82) is 0 Å². The van der Waals surface area contributed by atoms with Crippen LogP contribution in [0.2, 0.25) is 0 Å². The van der Waals surface area contributed by atoms with Crippen molar-refractivity contribution in [2.24, 2.45) is 5.92 Å². The Kier molecular flexibility index (Phi) is 3.62. The van der Waals surface area contributed by atoms with Crippen molar-refractivity contribution >= 4 is 17.5 Å². The Morgan fingerprint density at radius 2 is 2.05 bits per heavy atom. The maximum absolute atomic E-state index is 11.3. The van der Waals surface area contributed by atoms with Crippen molar-refractivity contribution in [2.75, 3.05) is 37.3 Å². The molecule has 0 aliphatic carbocycles. The molecule has 1 aromatic heterocycles. The fraction of sp³-hybridized carbons (Fsp3) is 0.692. The van der Waals surface area contributed by atoms with Crippen LogP contribution in [0, 0.1) is 23.0 Å². The molecule has 4 heterocycles. The average Bonchev–Trinajstić information content (AvgIpc) is 2.47. The van der Waals surface area contributed by atoms with Gasteiger partial charge in [-0.3, -0.25) is 10.1 Å². The lowest BCUT2D eigenvalue weighted by atomic mass is 9.84. The topological polar surface area (TPSA) is 96.2 Å². The monoisotopic (exact) mass is 292 g/mol. The number of aryl methyl sites for hydroxylation is 1. The fourth-order valence-electron chi connectivity index (χ4n) is 3.30. The van der Waals surface area contributed by atoms with Gasteiger partial charge in [0.25, 0.3) is 0 Å². The minimum absolute atomic E-state index is 0.0227. The third-order valence-corrected chi connectivity index (χ3v) is 4.44. The lowest BCUT2D eigenvalue weighted by molar-refractivity contribution is -0.385. The SMILES string of the molecule is CNc1nc(C)c([N+](=O)[O-])c(NC2CN3CCC2CC3)n1. The number of aromatic nitrogens is 2. The number of nitrogens with one attached hydrogen (secondary N) is 2. The summed E-state index contributed by atoms with van der Waals surface area (Å²) in [6.07, 6.45) is 2.29. The van der Waals surface area contributed by atoms with Crippen LogP contribution < -0.4 is 10.6 Å². The Balaban J connectivity index is 1.90. The molecule has 3 aliphatic rings. The van der Waals surface area contributed by atoms with Gasteiger partial charge in [0, 0.05) is 19.6 Å². The van der Waals surface area contributed by atoms with Crippen LogP contribution in [0.5, 0.6) is 0 Å². The van der Waals surface area contributed by atoms with Gasteiger partial charge in [0.15, 0.2) is 0 Å². The maximum Gasteiger partial charge on any atom is 0.332 e. The van der Waals surface area contributed by atoms with Crippen LogP contribution in [0.3, 0.4) is 0 Å². The van der Waals surface area contributed by atoms with Crippen molar-refractivity contribution < 1.29 is 4.92 Å². The summed E-state index contributed by atoms with van der Waals surface area (Å²) in [4.78, 5) is 21.7. The van der Waals surface area contributed by atoms with E-state index < -0.39 is 4.92 Å². The summed E-state index contributed by atoms with van der Waals surface area (Å²) >= 11 is 0. The van der Waals surface area contributed by atoms with Gasteiger partial charge in [-0.1, -0.05) is 0 Å². The van der Waals surface area contributed by atoms with E-state index in [1.807, 2.05) is 0 Å². The second-order valence-corrected chi connectivity index (χ2v) is 5.73. The van der Waals surface area contributed by atoms with E-state index in [2.05, 4.69) is 25.5 Å². The predicted octanol–water partition coefficient (Wildman–Crippen LogP) is 1.24. The zero-order valence-electron chi connectivity index (χ0n) is 12.3. The number of fused-ring (bicyclic) bond motifs is 3. The van der Waals surface area contributed by atoms with Crippen LogP contribution in [0.4, 0.5) is 17.5 Å². The molecule has 3 aliphatic heterocycles. The summed E-state index contributed by atoms with van der Waals surface area (Å²) in [5.74, 6) is 1.31. The zero-order chi connectivity index (χ0) is 15.0. The van der Waals surface area contributed by atoms with Gasteiger partial charge in [-0.25, -0.2) is 4.98 Å². The van der Waals surface area contributed by atoms with Gasteiger partial charge in [0.05, 0.1) is 4.92 Å². The first-order valence-corrected chi connectivity index (χ1v) is 7.28. The lowest BCUT2D eigenvalue weighted by Crippen LogP contribution is -2.53. The summed E-state index contributed by atoms with van der Waals surface area (Å²) in [5, 5.41) is 17.5. The number of nitrogens with zero attached hydrogens (tertiary/aromatic N) is 4. The van der Waals surface area contributed by atoms with Crippen molar-refractivity contribution in [3.8, 4) is 0 Å². The number of hydrogen-bond donors (Lipinski definition) is 2. The van der Waals surface area contributed by atoms with Gasteiger partial charge in [0.1, 0.15) is 5.69 Å². The largest absolute Gasteiger partial charge is 0.360 e. The summed E-state index contributed by atoms with van der Waals surface area (Å²) < 4.78 is 0. The molecule has 0 aromatic carbocycles. The molecule has 3 fully saturated rings. The number of nitro groups is 1. The molecule has 1 unspecified atom stereocenters. The first-order chi connectivity index (χ1) is 10.1. The van der Waals surface area contributed by atoms with Crippen molar-refractivity contribution in [2.45, 2.75) is 25.8 Å².